The molecule has 6 aromatic carbocycles. The Bertz CT molecular complexity index is 2570. The summed E-state index contributed by atoms with van der Waals surface area (Å²) in [6, 6.07) is 50.4. The van der Waals surface area contributed by atoms with Crippen LogP contribution in [0.5, 0.6) is 5.75 Å². The van der Waals surface area contributed by atoms with Gasteiger partial charge in [0.25, 0.3) is 0 Å². The number of hydrogen-bond donors (Lipinski definition) is 1. The molecule has 0 fully saturated rings. The van der Waals surface area contributed by atoms with Crippen LogP contribution in [0.2, 0.25) is 0 Å². The third kappa shape index (κ3) is 5.29. The summed E-state index contributed by atoms with van der Waals surface area (Å²) < 4.78 is 2.18. The summed E-state index contributed by atoms with van der Waals surface area (Å²) in [6.07, 6.45) is 5.80. The fourth-order valence-corrected chi connectivity index (χ4v) is 6.67. The molecular formula is C43H27N4OPt-. The first-order chi connectivity index (χ1) is 23.7. The van der Waals surface area contributed by atoms with Crippen molar-refractivity contribution in [1.82, 2.24) is 19.5 Å². The zero-order chi connectivity index (χ0) is 32.0. The van der Waals surface area contributed by atoms with Crippen LogP contribution in [-0.4, -0.2) is 24.6 Å². The monoisotopic (exact) mass is 810 g/mol. The third-order valence-electron chi connectivity index (χ3n) is 8.91. The van der Waals surface area contributed by atoms with Gasteiger partial charge in [-0.25, -0.2) is 9.97 Å². The first-order valence-corrected chi connectivity index (χ1v) is 15.8. The maximum absolute atomic E-state index is 10.9. The van der Waals surface area contributed by atoms with E-state index in [1.807, 2.05) is 79.1 Å². The first-order valence-electron chi connectivity index (χ1n) is 15.8. The maximum Gasteiger partial charge on any atom is 0.125 e. The Morgan fingerprint density at radius 3 is 1.98 bits per heavy atom. The van der Waals surface area contributed by atoms with Gasteiger partial charge < -0.3 is 9.67 Å². The Labute approximate surface area is 297 Å². The number of benzene rings is 6. The van der Waals surface area contributed by atoms with Crippen molar-refractivity contribution in [3.8, 4) is 56.5 Å². The normalized spacial score (nSPS) is 11.2. The largest absolute Gasteiger partial charge is 0.507 e. The molecule has 236 valence electrons. The minimum Gasteiger partial charge on any atom is -0.507 e. The molecule has 3 heterocycles. The van der Waals surface area contributed by atoms with Gasteiger partial charge in [-0.15, -0.1) is 29.7 Å². The summed E-state index contributed by atoms with van der Waals surface area (Å²) in [4.78, 5) is 15.1. The zero-order valence-electron chi connectivity index (χ0n) is 26.1. The van der Waals surface area contributed by atoms with E-state index in [4.69, 9.17) is 9.97 Å². The van der Waals surface area contributed by atoms with Crippen molar-refractivity contribution >= 4 is 32.4 Å². The van der Waals surface area contributed by atoms with Gasteiger partial charge in [0.2, 0.25) is 0 Å². The Hall–Kier alpha value is -5.90. The topological polar surface area (TPSA) is 63.8 Å². The Kier molecular flexibility index (Phi) is 7.83. The summed E-state index contributed by atoms with van der Waals surface area (Å²) in [5, 5.41) is 15.4. The molecule has 0 aliphatic heterocycles. The first kappa shape index (κ1) is 30.4. The van der Waals surface area contributed by atoms with Gasteiger partial charge in [-0.05, 0) is 46.6 Å². The molecule has 3 aromatic heterocycles. The molecule has 49 heavy (non-hydrogen) atoms. The molecule has 9 aromatic rings. The van der Waals surface area contributed by atoms with Crippen molar-refractivity contribution in [2.24, 2.45) is 0 Å². The van der Waals surface area contributed by atoms with Gasteiger partial charge in [-0.3, -0.25) is 4.98 Å². The minimum absolute atomic E-state index is 0. The molecule has 9 rings (SSSR count). The molecule has 5 nitrogen and oxygen atoms in total. The molecule has 0 radical (unpaired) electrons. The molecule has 0 aliphatic carbocycles. The number of phenolic OH excluding ortho intramolecular Hbond substituents is 1. The van der Waals surface area contributed by atoms with Crippen LogP contribution in [0.3, 0.4) is 0 Å². The standard InChI is InChI=1S/C43H27N4O.Pt/c48-39-20-9-16-30-21-22-31-23-24-37(45-41(31)40(30)39)38-27-47(43(46-38)36-26-44-25-32-15-7-8-17-33(32)36)42-34(28-11-3-1-4-12-28)18-10-19-35(42)29-13-5-2-6-14-29;/h1-16,18-27,48H;/q-1;. The van der Waals surface area contributed by atoms with E-state index in [9.17, 15) is 5.11 Å². The second-order valence-corrected chi connectivity index (χ2v) is 11.8. The van der Waals surface area contributed by atoms with Crippen LogP contribution in [0.1, 0.15) is 0 Å². The van der Waals surface area contributed by atoms with Crippen LogP contribution in [0.25, 0.3) is 83.2 Å². The second kappa shape index (κ2) is 12.6. The van der Waals surface area contributed by atoms with Crippen LogP contribution in [0.4, 0.5) is 0 Å². The van der Waals surface area contributed by atoms with Crippen LogP contribution < -0.4 is 0 Å². The molecule has 0 unspecified atom stereocenters. The molecule has 0 bridgehead atoms. The third-order valence-corrected chi connectivity index (χ3v) is 8.91. The number of para-hydroxylation sites is 1. The molecule has 6 heteroatoms. The number of pyridine rings is 2. The Morgan fingerprint density at radius 1 is 0.551 bits per heavy atom. The number of phenols is 1. The number of aromatic nitrogens is 4. The van der Waals surface area contributed by atoms with E-state index < -0.39 is 0 Å². The Morgan fingerprint density at radius 2 is 1.22 bits per heavy atom. The number of imidazole rings is 1. The van der Waals surface area contributed by atoms with Crippen molar-refractivity contribution in [2.45, 2.75) is 0 Å². The summed E-state index contributed by atoms with van der Waals surface area (Å²) in [5.74, 6) is 0.935. The summed E-state index contributed by atoms with van der Waals surface area (Å²) in [6.45, 7) is 0. The Balaban J connectivity index is 0.00000348. The average Bonchev–Trinajstić information content (AvgIpc) is 3.60. The van der Waals surface area contributed by atoms with Crippen molar-refractivity contribution in [3.05, 3.63) is 164 Å². The van der Waals surface area contributed by atoms with Gasteiger partial charge in [-0.2, -0.15) is 0 Å². The van der Waals surface area contributed by atoms with Crippen LogP contribution in [-0.2, 0) is 21.1 Å². The molecular weight excluding hydrogens is 784 g/mol. The van der Waals surface area contributed by atoms with Crippen LogP contribution >= 0.6 is 0 Å². The maximum atomic E-state index is 10.9. The van der Waals surface area contributed by atoms with Gasteiger partial charge in [0.1, 0.15) is 17.3 Å². The number of fused-ring (bicyclic) bond motifs is 4. The SMILES string of the molecule is Oc1cccc2ccc3ccc(-c4cn(-c5c(-c6ccccc6)cccc5-c5ccccc5)c(-c5cncc6ccc[c-]c56)n4)nc3c12.[Pt]. The van der Waals surface area contributed by atoms with Gasteiger partial charge in [0, 0.05) is 49.2 Å². The van der Waals surface area contributed by atoms with E-state index in [-0.39, 0.29) is 26.8 Å². The fourth-order valence-electron chi connectivity index (χ4n) is 6.67. The van der Waals surface area contributed by atoms with E-state index in [1.165, 1.54) is 0 Å². The molecule has 0 spiro atoms. The zero-order valence-corrected chi connectivity index (χ0v) is 28.3. The van der Waals surface area contributed by atoms with Crippen molar-refractivity contribution in [1.29, 1.82) is 0 Å². The quantitative estimate of drug-likeness (QED) is 0.139. The molecule has 0 saturated carbocycles. The predicted octanol–water partition coefficient (Wildman–Crippen LogP) is 10.3. The van der Waals surface area contributed by atoms with Gasteiger partial charge in [0.15, 0.2) is 0 Å². The van der Waals surface area contributed by atoms with Crippen molar-refractivity contribution in [2.75, 3.05) is 0 Å². The van der Waals surface area contributed by atoms with Crippen molar-refractivity contribution < 1.29 is 26.2 Å². The molecule has 1 N–H and O–H groups in total. The average molecular weight is 811 g/mol. The minimum atomic E-state index is 0. The molecule has 0 amide bonds. The second-order valence-electron chi connectivity index (χ2n) is 11.8. The number of hydrogen-bond acceptors (Lipinski definition) is 4. The van der Waals surface area contributed by atoms with Crippen LogP contribution in [0.15, 0.2) is 158 Å². The van der Waals surface area contributed by atoms with E-state index >= 15 is 0 Å². The smallest absolute Gasteiger partial charge is 0.125 e. The van der Waals surface area contributed by atoms with Gasteiger partial charge >= 0.3 is 0 Å². The predicted molar refractivity (Wildman–Crippen MR) is 194 cm³/mol. The summed E-state index contributed by atoms with van der Waals surface area (Å²) in [5.41, 5.74) is 8.34. The van der Waals surface area contributed by atoms with Gasteiger partial charge in [0.05, 0.1) is 16.9 Å². The molecule has 0 atom stereocenters. The molecule has 0 saturated heterocycles. The van der Waals surface area contributed by atoms with Crippen LogP contribution in [0, 0.1) is 6.07 Å². The summed E-state index contributed by atoms with van der Waals surface area (Å²) >= 11 is 0. The van der Waals surface area contributed by atoms with E-state index in [0.717, 1.165) is 71.8 Å². The molecule has 0 aliphatic rings. The van der Waals surface area contributed by atoms with E-state index in [0.29, 0.717) is 11.4 Å². The van der Waals surface area contributed by atoms with Crippen molar-refractivity contribution in [3.63, 3.8) is 0 Å². The number of aromatic hydroxyl groups is 1. The summed E-state index contributed by atoms with van der Waals surface area (Å²) in [7, 11) is 0. The number of nitrogens with zero attached hydrogens (tertiary/aromatic N) is 4. The van der Waals surface area contributed by atoms with E-state index in [2.05, 4.69) is 88.5 Å². The van der Waals surface area contributed by atoms with Gasteiger partial charge in [-0.1, -0.05) is 115 Å². The number of rotatable bonds is 5. The van der Waals surface area contributed by atoms with E-state index in [1.54, 1.807) is 6.07 Å². The fraction of sp³-hybridized carbons (Fsp3) is 0.